The molecular formula is C63H40N6. The molecule has 10 aromatic carbocycles. The first-order chi connectivity index (χ1) is 34.3. The SMILES string of the molecule is c1ccc(-c2cccc(-c3ccccc3-n3c4ccccc4c4ccc5c6ccccc6n(-c6nc(-c7ccccc7)nc(-c7cccc8c7c7ccccc7n8-c7ccccc7)n6)c5c43)c2)cc1. The Morgan fingerprint density at radius 3 is 1.49 bits per heavy atom. The molecule has 0 unspecified atom stereocenters. The zero-order chi connectivity index (χ0) is 45.4. The molecule has 4 heterocycles. The average molecular weight is 881 g/mol. The molecule has 14 rings (SSSR count). The van der Waals surface area contributed by atoms with E-state index in [4.69, 9.17) is 15.0 Å². The molecule has 0 N–H and O–H groups in total. The monoisotopic (exact) mass is 880 g/mol. The molecule has 0 amide bonds. The van der Waals surface area contributed by atoms with Crippen LogP contribution in [0.2, 0.25) is 0 Å². The van der Waals surface area contributed by atoms with Crippen molar-refractivity contribution in [2.75, 3.05) is 0 Å². The normalized spacial score (nSPS) is 11.8. The second kappa shape index (κ2) is 15.6. The lowest BCUT2D eigenvalue weighted by Crippen LogP contribution is -2.07. The van der Waals surface area contributed by atoms with Crippen LogP contribution in [-0.4, -0.2) is 28.7 Å². The third kappa shape index (κ3) is 6.09. The number of benzene rings is 10. The Morgan fingerprint density at radius 1 is 0.275 bits per heavy atom. The van der Waals surface area contributed by atoms with Crippen LogP contribution in [-0.2, 0) is 0 Å². The van der Waals surface area contributed by atoms with Gasteiger partial charge in [0, 0.05) is 54.7 Å². The van der Waals surface area contributed by atoms with Crippen molar-refractivity contribution < 1.29 is 0 Å². The number of aromatic nitrogens is 6. The first kappa shape index (κ1) is 38.8. The average Bonchev–Trinajstić information content (AvgIpc) is 4.07. The molecule has 0 aliphatic carbocycles. The maximum absolute atomic E-state index is 5.60. The Hall–Kier alpha value is -9.39. The second-order valence-electron chi connectivity index (χ2n) is 17.6. The van der Waals surface area contributed by atoms with Crippen molar-refractivity contribution in [3.8, 4) is 62.4 Å². The fourth-order valence-corrected chi connectivity index (χ4v) is 10.7. The number of hydrogen-bond donors (Lipinski definition) is 0. The summed E-state index contributed by atoms with van der Waals surface area (Å²) in [5.41, 5.74) is 15.1. The highest BCUT2D eigenvalue weighted by atomic mass is 15.2. The summed E-state index contributed by atoms with van der Waals surface area (Å²) >= 11 is 0. The molecule has 69 heavy (non-hydrogen) atoms. The minimum absolute atomic E-state index is 0.544. The smallest absolute Gasteiger partial charge is 0.238 e. The summed E-state index contributed by atoms with van der Waals surface area (Å²) in [6, 6.07) is 86.2. The molecule has 0 aliphatic rings. The number of rotatable bonds is 7. The van der Waals surface area contributed by atoms with E-state index in [0.717, 1.165) is 93.7 Å². The van der Waals surface area contributed by atoms with E-state index < -0.39 is 0 Å². The molecule has 0 fully saturated rings. The topological polar surface area (TPSA) is 53.5 Å². The van der Waals surface area contributed by atoms with Gasteiger partial charge < -0.3 is 9.13 Å². The molecule has 14 aromatic rings. The lowest BCUT2D eigenvalue weighted by Gasteiger charge is -2.16. The van der Waals surface area contributed by atoms with Crippen molar-refractivity contribution in [2.45, 2.75) is 0 Å². The maximum Gasteiger partial charge on any atom is 0.238 e. The third-order valence-corrected chi connectivity index (χ3v) is 13.7. The van der Waals surface area contributed by atoms with Crippen LogP contribution in [0.4, 0.5) is 0 Å². The Labute approximate surface area is 397 Å². The molecule has 6 heteroatoms. The van der Waals surface area contributed by atoms with Crippen LogP contribution < -0.4 is 0 Å². The van der Waals surface area contributed by atoms with Crippen LogP contribution in [0.15, 0.2) is 243 Å². The molecular weight excluding hydrogens is 841 g/mol. The van der Waals surface area contributed by atoms with Gasteiger partial charge in [-0.25, -0.2) is 4.98 Å². The fourth-order valence-electron chi connectivity index (χ4n) is 10.7. The van der Waals surface area contributed by atoms with Gasteiger partial charge >= 0.3 is 0 Å². The number of nitrogens with zero attached hydrogens (tertiary/aromatic N) is 6. The van der Waals surface area contributed by atoms with Crippen LogP contribution in [0.3, 0.4) is 0 Å². The summed E-state index contributed by atoms with van der Waals surface area (Å²) in [5.74, 6) is 1.74. The minimum atomic E-state index is 0.544. The van der Waals surface area contributed by atoms with Gasteiger partial charge in [-0.3, -0.25) is 4.57 Å². The van der Waals surface area contributed by atoms with Crippen LogP contribution in [0, 0.1) is 0 Å². The van der Waals surface area contributed by atoms with E-state index in [-0.39, 0.29) is 0 Å². The standard InChI is InChI=1S/C63H40N6/c1-4-20-41(21-5-1)43-24-18-25-44(40-43)46-28-10-14-33-53(46)68-54-34-15-11-29-47(54)49-38-39-50-48-30-12-16-35-55(48)69(60(50)59(49)68)63-65-61(42-22-6-2-7-23-42)64-62(66-63)52-32-19-37-57-58(52)51-31-13-17-36-56(51)67(57)45-26-8-3-9-27-45/h1-40H. The Balaban J connectivity index is 1.09. The maximum atomic E-state index is 5.60. The number of hydrogen-bond acceptors (Lipinski definition) is 3. The largest absolute Gasteiger partial charge is 0.309 e. The van der Waals surface area contributed by atoms with Gasteiger partial charge in [-0.15, -0.1) is 0 Å². The lowest BCUT2D eigenvalue weighted by atomic mass is 9.98. The van der Waals surface area contributed by atoms with Crippen LogP contribution in [0.1, 0.15) is 0 Å². The summed E-state index contributed by atoms with van der Waals surface area (Å²) in [5, 5.41) is 6.76. The highest BCUT2D eigenvalue weighted by Crippen LogP contribution is 2.44. The third-order valence-electron chi connectivity index (χ3n) is 13.7. The Bertz CT molecular complexity index is 4300. The fraction of sp³-hybridized carbons (Fsp3) is 0. The molecule has 0 spiro atoms. The molecule has 0 saturated carbocycles. The second-order valence-corrected chi connectivity index (χ2v) is 17.6. The van der Waals surface area contributed by atoms with Crippen LogP contribution in [0.25, 0.3) is 128 Å². The Morgan fingerprint density at radius 2 is 0.768 bits per heavy atom. The van der Waals surface area contributed by atoms with Crippen LogP contribution >= 0.6 is 0 Å². The molecule has 0 saturated heterocycles. The summed E-state index contributed by atoms with van der Waals surface area (Å²) in [6.07, 6.45) is 0. The summed E-state index contributed by atoms with van der Waals surface area (Å²) < 4.78 is 7.09. The lowest BCUT2D eigenvalue weighted by molar-refractivity contribution is 0.954. The molecule has 0 aliphatic heterocycles. The van der Waals surface area contributed by atoms with Crippen molar-refractivity contribution in [3.05, 3.63) is 243 Å². The zero-order valence-electron chi connectivity index (χ0n) is 37.3. The van der Waals surface area contributed by atoms with Crippen LogP contribution in [0.5, 0.6) is 0 Å². The first-order valence-electron chi connectivity index (χ1n) is 23.4. The molecule has 0 bridgehead atoms. The van der Waals surface area contributed by atoms with Crippen molar-refractivity contribution in [2.24, 2.45) is 0 Å². The highest BCUT2D eigenvalue weighted by molar-refractivity contribution is 6.24. The van der Waals surface area contributed by atoms with E-state index in [2.05, 4.69) is 238 Å². The predicted molar refractivity (Wildman–Crippen MR) is 285 cm³/mol. The van der Waals surface area contributed by atoms with Gasteiger partial charge in [-0.2, -0.15) is 9.97 Å². The quantitative estimate of drug-likeness (QED) is 0.160. The van der Waals surface area contributed by atoms with Crippen molar-refractivity contribution in [1.82, 2.24) is 28.7 Å². The van der Waals surface area contributed by atoms with Gasteiger partial charge in [0.25, 0.3) is 0 Å². The van der Waals surface area contributed by atoms with Gasteiger partial charge in [0.2, 0.25) is 5.95 Å². The van der Waals surface area contributed by atoms with Gasteiger partial charge in [0.05, 0.1) is 38.8 Å². The van der Waals surface area contributed by atoms with Crippen molar-refractivity contribution in [1.29, 1.82) is 0 Å². The number of fused-ring (bicyclic) bond motifs is 10. The molecule has 322 valence electrons. The van der Waals surface area contributed by atoms with Gasteiger partial charge in [0.1, 0.15) is 0 Å². The summed E-state index contributed by atoms with van der Waals surface area (Å²) in [4.78, 5) is 16.4. The zero-order valence-corrected chi connectivity index (χ0v) is 37.3. The van der Waals surface area contributed by atoms with Crippen molar-refractivity contribution in [3.63, 3.8) is 0 Å². The van der Waals surface area contributed by atoms with E-state index in [1.807, 2.05) is 18.2 Å². The van der Waals surface area contributed by atoms with Gasteiger partial charge in [-0.05, 0) is 65.2 Å². The van der Waals surface area contributed by atoms with Crippen molar-refractivity contribution >= 4 is 65.4 Å². The Kier molecular flexibility index (Phi) is 8.79. The summed E-state index contributed by atoms with van der Waals surface area (Å²) in [6.45, 7) is 0. The first-order valence-corrected chi connectivity index (χ1v) is 23.4. The van der Waals surface area contributed by atoms with E-state index in [9.17, 15) is 0 Å². The molecule has 0 atom stereocenters. The van der Waals surface area contributed by atoms with Gasteiger partial charge in [0.15, 0.2) is 11.6 Å². The predicted octanol–water partition coefficient (Wildman–Crippen LogP) is 15.8. The molecule has 4 aromatic heterocycles. The van der Waals surface area contributed by atoms with Gasteiger partial charge in [-0.1, -0.05) is 194 Å². The molecule has 0 radical (unpaired) electrons. The van der Waals surface area contributed by atoms with E-state index >= 15 is 0 Å². The van der Waals surface area contributed by atoms with E-state index in [0.29, 0.717) is 17.6 Å². The number of para-hydroxylation sites is 5. The minimum Gasteiger partial charge on any atom is -0.309 e. The molecule has 6 nitrogen and oxygen atoms in total. The summed E-state index contributed by atoms with van der Waals surface area (Å²) in [7, 11) is 0. The van der Waals surface area contributed by atoms with E-state index in [1.54, 1.807) is 0 Å². The highest BCUT2D eigenvalue weighted by Gasteiger charge is 2.25. The van der Waals surface area contributed by atoms with E-state index in [1.165, 1.54) is 16.5 Å².